The highest BCUT2D eigenvalue weighted by Crippen LogP contribution is 2.29. The first-order valence-corrected chi connectivity index (χ1v) is 8.11. The molecule has 2 unspecified atom stereocenters. The molecule has 0 aliphatic rings. The van der Waals surface area contributed by atoms with E-state index in [4.69, 9.17) is 0 Å². The standard InChI is InChI=1S/C17H33N3/c1-7-9-18-16(10-14(3)17(4,5)6)11-15-12-19-20(8-2)13-15/h12-14,16,18H,7-11H2,1-6H3. The molecule has 1 aromatic rings. The molecule has 0 aliphatic carbocycles. The van der Waals surface area contributed by atoms with Gasteiger partial charge in [-0.3, -0.25) is 4.68 Å². The van der Waals surface area contributed by atoms with Crippen LogP contribution in [0.15, 0.2) is 12.4 Å². The van der Waals surface area contributed by atoms with Gasteiger partial charge in [0.15, 0.2) is 0 Å². The van der Waals surface area contributed by atoms with Crippen molar-refractivity contribution in [1.82, 2.24) is 15.1 Å². The summed E-state index contributed by atoms with van der Waals surface area (Å²) < 4.78 is 2.01. The van der Waals surface area contributed by atoms with Crippen LogP contribution in [-0.2, 0) is 13.0 Å². The summed E-state index contributed by atoms with van der Waals surface area (Å²) in [5, 5.41) is 8.10. The molecule has 3 heteroatoms. The van der Waals surface area contributed by atoms with Crippen LogP contribution in [0.1, 0.15) is 59.9 Å². The van der Waals surface area contributed by atoms with Crippen molar-refractivity contribution in [2.75, 3.05) is 6.54 Å². The predicted octanol–water partition coefficient (Wildman–Crippen LogP) is 3.89. The highest BCUT2D eigenvalue weighted by Gasteiger charge is 2.23. The van der Waals surface area contributed by atoms with Crippen molar-refractivity contribution in [3.63, 3.8) is 0 Å². The number of rotatable bonds is 8. The summed E-state index contributed by atoms with van der Waals surface area (Å²) in [4.78, 5) is 0. The van der Waals surface area contributed by atoms with E-state index < -0.39 is 0 Å². The Morgan fingerprint density at radius 3 is 2.50 bits per heavy atom. The molecule has 0 amide bonds. The van der Waals surface area contributed by atoms with E-state index in [1.165, 1.54) is 18.4 Å². The second kappa shape index (κ2) is 7.82. The lowest BCUT2D eigenvalue weighted by atomic mass is 9.78. The Hall–Kier alpha value is -0.830. The minimum absolute atomic E-state index is 0.375. The number of nitrogens with one attached hydrogen (secondary N) is 1. The van der Waals surface area contributed by atoms with Gasteiger partial charge >= 0.3 is 0 Å². The topological polar surface area (TPSA) is 29.9 Å². The average molecular weight is 279 g/mol. The SMILES string of the molecule is CCCNC(Cc1cnn(CC)c1)CC(C)C(C)(C)C. The van der Waals surface area contributed by atoms with Crippen molar-refractivity contribution in [1.29, 1.82) is 0 Å². The Bertz CT molecular complexity index is 376. The first-order valence-electron chi connectivity index (χ1n) is 8.11. The van der Waals surface area contributed by atoms with Gasteiger partial charge in [-0.25, -0.2) is 0 Å². The summed E-state index contributed by atoms with van der Waals surface area (Å²) in [6, 6.07) is 0.554. The van der Waals surface area contributed by atoms with Crippen LogP contribution in [0.4, 0.5) is 0 Å². The number of aryl methyl sites for hydroxylation is 1. The number of hydrogen-bond donors (Lipinski definition) is 1. The van der Waals surface area contributed by atoms with Crippen molar-refractivity contribution in [2.45, 2.75) is 73.4 Å². The van der Waals surface area contributed by atoms with Crippen molar-refractivity contribution in [2.24, 2.45) is 11.3 Å². The Balaban J connectivity index is 2.63. The van der Waals surface area contributed by atoms with E-state index >= 15 is 0 Å². The van der Waals surface area contributed by atoms with Crippen LogP contribution >= 0.6 is 0 Å². The molecule has 1 rings (SSSR count). The molecular formula is C17H33N3. The van der Waals surface area contributed by atoms with Gasteiger partial charge in [0.2, 0.25) is 0 Å². The van der Waals surface area contributed by atoms with Crippen molar-refractivity contribution < 1.29 is 0 Å². The summed E-state index contributed by atoms with van der Waals surface area (Å²) in [5.41, 5.74) is 1.72. The molecule has 2 atom stereocenters. The van der Waals surface area contributed by atoms with Gasteiger partial charge in [0, 0.05) is 18.8 Å². The number of nitrogens with zero attached hydrogens (tertiary/aromatic N) is 2. The molecule has 0 aliphatic heterocycles. The predicted molar refractivity (Wildman–Crippen MR) is 86.9 cm³/mol. The van der Waals surface area contributed by atoms with Gasteiger partial charge in [-0.1, -0.05) is 34.6 Å². The molecule has 20 heavy (non-hydrogen) atoms. The highest BCUT2D eigenvalue weighted by molar-refractivity contribution is 5.06. The molecule has 3 nitrogen and oxygen atoms in total. The van der Waals surface area contributed by atoms with Crippen LogP contribution < -0.4 is 5.32 Å². The third-order valence-corrected chi connectivity index (χ3v) is 4.29. The molecule has 1 aromatic heterocycles. The lowest BCUT2D eigenvalue weighted by Crippen LogP contribution is -2.35. The number of hydrogen-bond acceptors (Lipinski definition) is 2. The maximum atomic E-state index is 4.38. The van der Waals surface area contributed by atoms with Crippen LogP contribution in [0.5, 0.6) is 0 Å². The quantitative estimate of drug-likeness (QED) is 0.782. The lowest BCUT2D eigenvalue weighted by Gasteiger charge is -2.31. The number of aromatic nitrogens is 2. The third kappa shape index (κ3) is 5.66. The van der Waals surface area contributed by atoms with Gasteiger partial charge in [-0.05, 0) is 49.6 Å². The van der Waals surface area contributed by atoms with Crippen LogP contribution in [-0.4, -0.2) is 22.4 Å². The summed E-state index contributed by atoms with van der Waals surface area (Å²) in [6.07, 6.45) is 7.70. The summed E-state index contributed by atoms with van der Waals surface area (Å²) in [5.74, 6) is 0.707. The van der Waals surface area contributed by atoms with Crippen LogP contribution in [0.2, 0.25) is 0 Å². The summed E-state index contributed by atoms with van der Waals surface area (Å²) in [6.45, 7) is 15.8. The zero-order chi connectivity index (χ0) is 15.2. The van der Waals surface area contributed by atoms with Crippen molar-refractivity contribution in [3.8, 4) is 0 Å². The van der Waals surface area contributed by atoms with Gasteiger partial charge in [-0.2, -0.15) is 5.10 Å². The molecular weight excluding hydrogens is 246 g/mol. The molecule has 0 saturated heterocycles. The van der Waals surface area contributed by atoms with Gasteiger partial charge in [-0.15, -0.1) is 0 Å². The average Bonchev–Trinajstić information content (AvgIpc) is 2.82. The van der Waals surface area contributed by atoms with Gasteiger partial charge < -0.3 is 5.32 Å². The zero-order valence-electron chi connectivity index (χ0n) is 14.2. The van der Waals surface area contributed by atoms with E-state index in [-0.39, 0.29) is 0 Å². The maximum absolute atomic E-state index is 4.38. The van der Waals surface area contributed by atoms with Gasteiger partial charge in [0.25, 0.3) is 0 Å². The molecule has 116 valence electrons. The molecule has 1 heterocycles. The first-order chi connectivity index (χ1) is 9.36. The second-order valence-corrected chi connectivity index (χ2v) is 7.06. The molecule has 0 aromatic carbocycles. The fourth-order valence-corrected chi connectivity index (χ4v) is 2.34. The van der Waals surface area contributed by atoms with Crippen molar-refractivity contribution >= 4 is 0 Å². The smallest absolute Gasteiger partial charge is 0.0522 e. The molecule has 0 fully saturated rings. The molecule has 0 spiro atoms. The van der Waals surface area contributed by atoms with Crippen LogP contribution in [0.25, 0.3) is 0 Å². The molecule has 1 N–H and O–H groups in total. The molecule has 0 radical (unpaired) electrons. The summed E-state index contributed by atoms with van der Waals surface area (Å²) in [7, 11) is 0. The van der Waals surface area contributed by atoms with Crippen LogP contribution in [0.3, 0.4) is 0 Å². The lowest BCUT2D eigenvalue weighted by molar-refractivity contribution is 0.222. The van der Waals surface area contributed by atoms with Crippen molar-refractivity contribution in [3.05, 3.63) is 18.0 Å². The Labute approximate surface area is 125 Å². The van der Waals surface area contributed by atoms with E-state index in [0.29, 0.717) is 17.4 Å². The highest BCUT2D eigenvalue weighted by atomic mass is 15.3. The Morgan fingerprint density at radius 2 is 2.00 bits per heavy atom. The van der Waals surface area contributed by atoms with Gasteiger partial charge in [0.1, 0.15) is 0 Å². The minimum atomic E-state index is 0.375. The Morgan fingerprint density at radius 1 is 1.30 bits per heavy atom. The second-order valence-electron chi connectivity index (χ2n) is 7.06. The maximum Gasteiger partial charge on any atom is 0.0522 e. The molecule has 0 saturated carbocycles. The van der Waals surface area contributed by atoms with E-state index in [1.807, 2.05) is 10.9 Å². The van der Waals surface area contributed by atoms with E-state index in [0.717, 1.165) is 19.5 Å². The molecule has 0 bridgehead atoms. The largest absolute Gasteiger partial charge is 0.314 e. The fraction of sp³-hybridized carbons (Fsp3) is 0.824. The Kier molecular flexibility index (Phi) is 6.74. The monoisotopic (exact) mass is 279 g/mol. The zero-order valence-corrected chi connectivity index (χ0v) is 14.2. The first kappa shape index (κ1) is 17.2. The van der Waals surface area contributed by atoms with E-state index in [2.05, 4.69) is 58.2 Å². The van der Waals surface area contributed by atoms with Crippen LogP contribution in [0, 0.1) is 11.3 Å². The fourth-order valence-electron chi connectivity index (χ4n) is 2.34. The van der Waals surface area contributed by atoms with E-state index in [1.54, 1.807) is 0 Å². The normalized spacial score (nSPS) is 15.3. The third-order valence-electron chi connectivity index (χ3n) is 4.29. The van der Waals surface area contributed by atoms with E-state index in [9.17, 15) is 0 Å². The summed E-state index contributed by atoms with van der Waals surface area (Å²) >= 11 is 0. The van der Waals surface area contributed by atoms with Gasteiger partial charge in [0.05, 0.1) is 6.20 Å². The minimum Gasteiger partial charge on any atom is -0.314 e.